The highest BCUT2D eigenvalue weighted by Gasteiger charge is 2.35. The van der Waals surface area contributed by atoms with Gasteiger partial charge in [-0.3, -0.25) is 4.31 Å². The Labute approximate surface area is 147 Å². The van der Waals surface area contributed by atoms with E-state index < -0.39 is 10.0 Å². The predicted octanol–water partition coefficient (Wildman–Crippen LogP) is 3.99. The van der Waals surface area contributed by atoms with Crippen molar-refractivity contribution in [1.82, 2.24) is 0 Å². The lowest BCUT2D eigenvalue weighted by Crippen LogP contribution is -2.35. The maximum Gasteiger partial charge on any atom is 0.264 e. The summed E-state index contributed by atoms with van der Waals surface area (Å²) in [6.07, 6.45) is 0.736. The van der Waals surface area contributed by atoms with Gasteiger partial charge in [0.2, 0.25) is 0 Å². The maximum atomic E-state index is 13.3. The number of para-hydroxylation sites is 1. The second kappa shape index (κ2) is 5.77. The average Bonchev–Trinajstić information content (AvgIpc) is 2.97. The molecule has 0 N–H and O–H groups in total. The number of fused-ring (bicyclic) bond motifs is 2. The summed E-state index contributed by atoms with van der Waals surface area (Å²) in [5.74, 6) is 0.755. The molecular formula is C20H19NO3S. The van der Waals surface area contributed by atoms with Gasteiger partial charge in [-0.15, -0.1) is 0 Å². The van der Waals surface area contributed by atoms with Crippen LogP contribution >= 0.6 is 0 Å². The molecule has 5 heteroatoms. The van der Waals surface area contributed by atoms with Crippen LogP contribution in [0.2, 0.25) is 0 Å². The van der Waals surface area contributed by atoms with E-state index in [0.29, 0.717) is 4.90 Å². The van der Waals surface area contributed by atoms with Crippen molar-refractivity contribution in [2.45, 2.75) is 24.3 Å². The number of hydrogen-bond donors (Lipinski definition) is 0. The largest absolute Gasteiger partial charge is 0.497 e. The molecule has 3 aromatic rings. The first-order valence-corrected chi connectivity index (χ1v) is 9.65. The Morgan fingerprint density at radius 1 is 1.00 bits per heavy atom. The normalized spacial score (nSPS) is 16.9. The van der Waals surface area contributed by atoms with Crippen LogP contribution in [0.4, 0.5) is 5.69 Å². The van der Waals surface area contributed by atoms with Crippen LogP contribution in [0.25, 0.3) is 10.8 Å². The standard InChI is InChI=1S/C20H19NO3S/c1-14-11-17-5-3-4-6-20(17)21(14)25(22,23)19-10-8-15-12-18(24-2)9-7-16(15)13-19/h3-10,12-14H,11H2,1-2H3. The Kier molecular flexibility index (Phi) is 3.69. The summed E-state index contributed by atoms with van der Waals surface area (Å²) in [7, 11) is -1.99. The summed E-state index contributed by atoms with van der Waals surface area (Å²) in [4.78, 5) is 0.314. The highest BCUT2D eigenvalue weighted by Crippen LogP contribution is 2.37. The smallest absolute Gasteiger partial charge is 0.264 e. The summed E-state index contributed by atoms with van der Waals surface area (Å²) in [5.41, 5.74) is 1.86. The Bertz CT molecular complexity index is 1060. The van der Waals surface area contributed by atoms with Crippen molar-refractivity contribution in [3.63, 3.8) is 0 Å². The van der Waals surface area contributed by atoms with Crippen molar-refractivity contribution < 1.29 is 13.2 Å². The first kappa shape index (κ1) is 16.0. The van der Waals surface area contributed by atoms with Gasteiger partial charge in [-0.05, 0) is 60.0 Å². The predicted molar refractivity (Wildman–Crippen MR) is 99.8 cm³/mol. The minimum absolute atomic E-state index is 0.0889. The van der Waals surface area contributed by atoms with Crippen molar-refractivity contribution in [2.24, 2.45) is 0 Å². The van der Waals surface area contributed by atoms with Crippen LogP contribution in [0, 0.1) is 0 Å². The van der Waals surface area contributed by atoms with Crippen molar-refractivity contribution in [3.05, 3.63) is 66.2 Å². The molecule has 0 saturated heterocycles. The van der Waals surface area contributed by atoms with E-state index in [1.54, 1.807) is 23.5 Å². The van der Waals surface area contributed by atoms with E-state index in [2.05, 4.69) is 0 Å². The third-order valence-corrected chi connectivity index (χ3v) is 6.64. The van der Waals surface area contributed by atoms with Crippen LogP contribution in [-0.4, -0.2) is 21.6 Å². The van der Waals surface area contributed by atoms with Gasteiger partial charge in [0.25, 0.3) is 10.0 Å². The van der Waals surface area contributed by atoms with Gasteiger partial charge in [-0.2, -0.15) is 0 Å². The van der Waals surface area contributed by atoms with Crippen LogP contribution in [0.5, 0.6) is 5.75 Å². The molecule has 0 saturated carbocycles. The highest BCUT2D eigenvalue weighted by atomic mass is 32.2. The molecule has 1 heterocycles. The third kappa shape index (κ3) is 2.55. The zero-order valence-corrected chi connectivity index (χ0v) is 15.0. The number of rotatable bonds is 3. The maximum absolute atomic E-state index is 13.3. The topological polar surface area (TPSA) is 46.6 Å². The number of methoxy groups -OCH3 is 1. The van der Waals surface area contributed by atoms with Gasteiger partial charge in [-0.25, -0.2) is 8.42 Å². The molecule has 4 rings (SSSR count). The Balaban J connectivity index is 1.82. The molecule has 0 fully saturated rings. The van der Waals surface area contributed by atoms with Crippen molar-refractivity contribution in [1.29, 1.82) is 0 Å². The minimum atomic E-state index is -3.61. The zero-order valence-electron chi connectivity index (χ0n) is 14.1. The molecule has 0 bridgehead atoms. The molecule has 4 nitrogen and oxygen atoms in total. The Morgan fingerprint density at radius 3 is 2.52 bits per heavy atom. The van der Waals surface area contributed by atoms with Gasteiger partial charge in [-0.1, -0.05) is 30.3 Å². The second-order valence-electron chi connectivity index (χ2n) is 6.36. The Hall–Kier alpha value is -2.53. The van der Waals surface area contributed by atoms with Gasteiger partial charge in [0, 0.05) is 6.04 Å². The van der Waals surface area contributed by atoms with Crippen LogP contribution in [0.3, 0.4) is 0 Å². The number of sulfonamides is 1. The lowest BCUT2D eigenvalue weighted by atomic mass is 10.1. The molecular weight excluding hydrogens is 334 g/mol. The first-order chi connectivity index (χ1) is 12.0. The third-order valence-electron chi connectivity index (χ3n) is 4.72. The lowest BCUT2D eigenvalue weighted by molar-refractivity contribution is 0.415. The van der Waals surface area contributed by atoms with Crippen LogP contribution in [0.15, 0.2) is 65.6 Å². The number of hydrogen-bond acceptors (Lipinski definition) is 3. The molecule has 1 atom stereocenters. The number of ether oxygens (including phenoxy) is 1. The zero-order chi connectivity index (χ0) is 17.6. The molecule has 0 aromatic heterocycles. The molecule has 25 heavy (non-hydrogen) atoms. The molecule has 128 valence electrons. The van der Waals surface area contributed by atoms with Crippen molar-refractivity contribution >= 4 is 26.5 Å². The molecule has 1 unspecified atom stereocenters. The first-order valence-electron chi connectivity index (χ1n) is 8.21. The van der Waals surface area contributed by atoms with E-state index in [4.69, 9.17) is 4.74 Å². The minimum Gasteiger partial charge on any atom is -0.497 e. The summed E-state index contributed by atoms with van der Waals surface area (Å²) >= 11 is 0. The molecule has 3 aromatic carbocycles. The second-order valence-corrected chi connectivity index (χ2v) is 8.17. The van der Waals surface area contributed by atoms with E-state index in [-0.39, 0.29) is 6.04 Å². The van der Waals surface area contributed by atoms with E-state index in [9.17, 15) is 8.42 Å². The van der Waals surface area contributed by atoms with E-state index in [1.807, 2.05) is 55.5 Å². The molecule has 0 spiro atoms. The van der Waals surface area contributed by atoms with Gasteiger partial charge in [0.05, 0.1) is 17.7 Å². The lowest BCUT2D eigenvalue weighted by Gasteiger charge is -2.24. The fourth-order valence-corrected chi connectivity index (χ4v) is 5.23. The van der Waals surface area contributed by atoms with Gasteiger partial charge >= 0.3 is 0 Å². The van der Waals surface area contributed by atoms with Crippen LogP contribution in [0.1, 0.15) is 12.5 Å². The SMILES string of the molecule is COc1ccc2cc(S(=O)(=O)N3c4ccccc4CC3C)ccc2c1. The van der Waals surface area contributed by atoms with E-state index >= 15 is 0 Å². The van der Waals surface area contributed by atoms with Gasteiger partial charge in [0.1, 0.15) is 5.75 Å². The number of benzene rings is 3. The van der Waals surface area contributed by atoms with Gasteiger partial charge in [0.15, 0.2) is 0 Å². The monoisotopic (exact) mass is 353 g/mol. The summed E-state index contributed by atoms with van der Waals surface area (Å²) in [6.45, 7) is 1.95. The molecule has 1 aliphatic heterocycles. The molecule has 1 aliphatic rings. The Morgan fingerprint density at radius 2 is 1.72 bits per heavy atom. The molecule has 0 aliphatic carbocycles. The van der Waals surface area contributed by atoms with Crippen LogP contribution < -0.4 is 9.04 Å². The number of anilines is 1. The molecule has 0 radical (unpaired) electrons. The highest BCUT2D eigenvalue weighted by molar-refractivity contribution is 7.92. The summed E-state index contributed by atoms with van der Waals surface area (Å²) in [5, 5.41) is 1.83. The molecule has 0 amide bonds. The fraction of sp³-hybridized carbons (Fsp3) is 0.200. The van der Waals surface area contributed by atoms with E-state index in [1.165, 1.54) is 0 Å². The quantitative estimate of drug-likeness (QED) is 0.715. The van der Waals surface area contributed by atoms with Crippen LogP contribution in [-0.2, 0) is 16.4 Å². The van der Waals surface area contributed by atoms with Crippen molar-refractivity contribution in [2.75, 3.05) is 11.4 Å². The fourth-order valence-electron chi connectivity index (χ4n) is 3.51. The van der Waals surface area contributed by atoms with E-state index in [0.717, 1.165) is 34.2 Å². The van der Waals surface area contributed by atoms with Gasteiger partial charge < -0.3 is 4.74 Å². The summed E-state index contributed by atoms with van der Waals surface area (Å²) < 4.78 is 33.3. The average molecular weight is 353 g/mol. The van der Waals surface area contributed by atoms with Crippen molar-refractivity contribution in [3.8, 4) is 5.75 Å². The number of nitrogens with zero attached hydrogens (tertiary/aromatic N) is 1. The summed E-state index contributed by atoms with van der Waals surface area (Å²) in [6, 6.07) is 18.5.